The maximum absolute atomic E-state index is 9.79. The van der Waals surface area contributed by atoms with Gasteiger partial charge in [0.15, 0.2) is 0 Å². The zero-order chi connectivity index (χ0) is 5.98. The number of ether oxygens (including phenoxy) is 1. The van der Waals surface area contributed by atoms with Gasteiger partial charge < -0.3 is 9.64 Å². The average molecular weight is 114 g/mol. The molecule has 0 saturated carbocycles. The summed E-state index contributed by atoms with van der Waals surface area (Å²) in [6, 6.07) is 0. The highest BCUT2D eigenvalue weighted by molar-refractivity contribution is 5.49. The molecule has 1 radical (unpaired) electrons. The maximum atomic E-state index is 9.79. The van der Waals surface area contributed by atoms with Gasteiger partial charge in [-0.3, -0.25) is 4.79 Å². The summed E-state index contributed by atoms with van der Waals surface area (Å²) in [7, 11) is 1.65. The van der Waals surface area contributed by atoms with E-state index in [1.54, 1.807) is 18.4 Å². The largest absolute Gasteiger partial charge is 0.378 e. The minimum atomic E-state index is 0.261. The van der Waals surface area contributed by atoms with E-state index in [-0.39, 0.29) is 6.10 Å². The Morgan fingerprint density at radius 2 is 2.38 bits per heavy atom. The van der Waals surface area contributed by atoms with Crippen molar-refractivity contribution in [2.75, 3.05) is 20.2 Å². The Bertz CT molecular complexity index is 88.4. The van der Waals surface area contributed by atoms with Crippen LogP contribution < -0.4 is 0 Å². The first-order valence-corrected chi connectivity index (χ1v) is 2.52. The van der Waals surface area contributed by atoms with Crippen molar-refractivity contribution in [1.29, 1.82) is 0 Å². The van der Waals surface area contributed by atoms with Crippen LogP contribution in [0.25, 0.3) is 0 Å². The molecule has 8 heavy (non-hydrogen) atoms. The van der Waals surface area contributed by atoms with Gasteiger partial charge in [0.1, 0.15) is 0 Å². The van der Waals surface area contributed by atoms with Gasteiger partial charge in [0.05, 0.1) is 6.10 Å². The smallest absolute Gasteiger partial charge is 0.312 e. The summed E-state index contributed by atoms with van der Waals surface area (Å²) < 4.78 is 4.90. The average Bonchev–Trinajstić information content (AvgIpc) is 1.65. The minimum Gasteiger partial charge on any atom is -0.378 e. The second-order valence-electron chi connectivity index (χ2n) is 1.85. The van der Waals surface area contributed by atoms with Crippen LogP contribution in [0.1, 0.15) is 0 Å². The molecule has 0 aliphatic carbocycles. The molecule has 0 aromatic carbocycles. The van der Waals surface area contributed by atoms with E-state index in [0.717, 1.165) is 0 Å². The highest BCUT2D eigenvalue weighted by Gasteiger charge is 2.24. The van der Waals surface area contributed by atoms with Crippen LogP contribution in [-0.2, 0) is 9.53 Å². The summed E-state index contributed by atoms with van der Waals surface area (Å²) in [5, 5.41) is 0. The minimum absolute atomic E-state index is 0.261. The molecule has 0 aromatic heterocycles. The van der Waals surface area contributed by atoms with E-state index < -0.39 is 0 Å². The van der Waals surface area contributed by atoms with Crippen LogP contribution in [0.4, 0.5) is 0 Å². The molecule has 0 N–H and O–H groups in total. The van der Waals surface area contributed by atoms with Crippen LogP contribution >= 0.6 is 0 Å². The van der Waals surface area contributed by atoms with Gasteiger partial charge in [-0.1, -0.05) is 0 Å². The van der Waals surface area contributed by atoms with Gasteiger partial charge in [-0.15, -0.1) is 0 Å². The number of hydrogen-bond donors (Lipinski definition) is 0. The number of rotatable bonds is 2. The van der Waals surface area contributed by atoms with Crippen LogP contribution in [0.3, 0.4) is 0 Å². The highest BCUT2D eigenvalue weighted by Crippen LogP contribution is 2.06. The molecule has 3 nitrogen and oxygen atoms in total. The molecule has 0 spiro atoms. The Balaban J connectivity index is 2.11. The molecule has 1 fully saturated rings. The Hall–Kier alpha value is -0.570. The standard InChI is InChI=1S/C5H8NO2/c1-8-5-2-6(3-5)4-7/h5H,2-3H2,1H3. The lowest BCUT2D eigenvalue weighted by molar-refractivity contribution is 0.00480. The van der Waals surface area contributed by atoms with Gasteiger partial charge in [-0.05, 0) is 0 Å². The lowest BCUT2D eigenvalue weighted by Crippen LogP contribution is -2.50. The lowest BCUT2D eigenvalue weighted by atomic mass is 10.2. The van der Waals surface area contributed by atoms with Crippen LogP contribution in [0, 0.1) is 0 Å². The second kappa shape index (κ2) is 2.13. The van der Waals surface area contributed by atoms with Gasteiger partial charge in [0.25, 0.3) is 0 Å². The monoisotopic (exact) mass is 114 g/mol. The van der Waals surface area contributed by atoms with Crippen molar-refractivity contribution in [3.8, 4) is 0 Å². The molecule has 1 heterocycles. The zero-order valence-electron chi connectivity index (χ0n) is 4.76. The van der Waals surface area contributed by atoms with Crippen molar-refractivity contribution in [2.24, 2.45) is 0 Å². The molecule has 1 amide bonds. The Morgan fingerprint density at radius 3 is 2.75 bits per heavy atom. The van der Waals surface area contributed by atoms with E-state index in [9.17, 15) is 4.79 Å². The fourth-order valence-electron chi connectivity index (χ4n) is 0.662. The van der Waals surface area contributed by atoms with Crippen molar-refractivity contribution in [1.82, 2.24) is 4.90 Å². The molecule has 0 atom stereocenters. The van der Waals surface area contributed by atoms with Gasteiger partial charge in [0.2, 0.25) is 0 Å². The predicted molar refractivity (Wildman–Crippen MR) is 28.1 cm³/mol. The third-order valence-electron chi connectivity index (χ3n) is 1.31. The summed E-state index contributed by atoms with van der Waals surface area (Å²) in [4.78, 5) is 11.3. The van der Waals surface area contributed by atoms with Gasteiger partial charge in [-0.25, -0.2) is 0 Å². The van der Waals surface area contributed by atoms with E-state index in [1.165, 1.54) is 0 Å². The number of methoxy groups -OCH3 is 1. The first-order chi connectivity index (χ1) is 3.86. The van der Waals surface area contributed by atoms with Crippen molar-refractivity contribution >= 4 is 6.41 Å². The molecule has 1 aliphatic heterocycles. The Kier molecular flexibility index (Phi) is 1.48. The van der Waals surface area contributed by atoms with Gasteiger partial charge in [0, 0.05) is 20.2 Å². The number of likely N-dealkylation sites (tertiary alicyclic amines) is 1. The number of nitrogens with zero attached hydrogens (tertiary/aromatic N) is 1. The van der Waals surface area contributed by atoms with Crippen molar-refractivity contribution < 1.29 is 9.53 Å². The summed E-state index contributed by atoms with van der Waals surface area (Å²) in [5.74, 6) is 0. The Labute approximate surface area is 48.2 Å². The van der Waals surface area contributed by atoms with Crippen molar-refractivity contribution in [3.63, 3.8) is 0 Å². The molecule has 0 aromatic rings. The molecular weight excluding hydrogens is 106 g/mol. The molecule has 45 valence electrons. The first kappa shape index (κ1) is 5.56. The van der Waals surface area contributed by atoms with Crippen LogP contribution in [0.2, 0.25) is 0 Å². The first-order valence-electron chi connectivity index (χ1n) is 2.52. The molecule has 0 unspecified atom stereocenters. The van der Waals surface area contributed by atoms with Gasteiger partial charge in [-0.2, -0.15) is 0 Å². The maximum Gasteiger partial charge on any atom is 0.312 e. The highest BCUT2D eigenvalue weighted by atomic mass is 16.5. The van der Waals surface area contributed by atoms with Gasteiger partial charge >= 0.3 is 6.41 Å². The summed E-state index contributed by atoms with van der Waals surface area (Å²) in [6.07, 6.45) is 2.03. The van der Waals surface area contributed by atoms with E-state index in [2.05, 4.69) is 0 Å². The molecule has 1 saturated heterocycles. The zero-order valence-corrected chi connectivity index (χ0v) is 4.76. The van der Waals surface area contributed by atoms with E-state index in [1.807, 2.05) is 0 Å². The molecular formula is C5H8NO2. The molecule has 0 bridgehead atoms. The summed E-state index contributed by atoms with van der Waals surface area (Å²) in [5.41, 5.74) is 0. The quantitative estimate of drug-likeness (QED) is 0.479. The molecule has 1 aliphatic rings. The van der Waals surface area contributed by atoms with Crippen LogP contribution in [-0.4, -0.2) is 37.6 Å². The normalized spacial score (nSPS) is 20.4. The Morgan fingerprint density at radius 1 is 1.75 bits per heavy atom. The second-order valence-corrected chi connectivity index (χ2v) is 1.85. The topological polar surface area (TPSA) is 29.5 Å². The third-order valence-corrected chi connectivity index (χ3v) is 1.31. The SMILES string of the molecule is COC1CN([C]=O)C1. The number of amides is 1. The van der Waals surface area contributed by atoms with Crippen LogP contribution in [0.5, 0.6) is 0 Å². The van der Waals surface area contributed by atoms with Crippen LogP contribution in [0.15, 0.2) is 0 Å². The molecule has 1 rings (SSSR count). The van der Waals surface area contributed by atoms with E-state index >= 15 is 0 Å². The number of carbonyl (C=O) groups excluding carboxylic acids is 1. The number of hydrogen-bond acceptors (Lipinski definition) is 2. The fourth-order valence-corrected chi connectivity index (χ4v) is 0.662. The summed E-state index contributed by atoms with van der Waals surface area (Å²) >= 11 is 0. The van der Waals surface area contributed by atoms with Crippen molar-refractivity contribution in [2.45, 2.75) is 6.10 Å². The predicted octanol–water partition coefficient (Wildman–Crippen LogP) is -0.616. The summed E-state index contributed by atoms with van der Waals surface area (Å²) in [6.45, 7) is 1.42. The van der Waals surface area contributed by atoms with E-state index in [0.29, 0.717) is 13.1 Å². The fraction of sp³-hybridized carbons (Fsp3) is 0.800. The third kappa shape index (κ3) is 0.816. The molecule has 3 heteroatoms. The van der Waals surface area contributed by atoms with E-state index in [4.69, 9.17) is 4.74 Å². The lowest BCUT2D eigenvalue weighted by Gasteiger charge is -2.33. The van der Waals surface area contributed by atoms with Crippen molar-refractivity contribution in [3.05, 3.63) is 0 Å².